The average molecular weight is 241 g/mol. The Bertz CT molecular complexity index is 538. The lowest BCUT2D eigenvalue weighted by Gasteiger charge is -2.07. The van der Waals surface area contributed by atoms with Gasteiger partial charge in [-0.3, -0.25) is 5.43 Å². The van der Waals surface area contributed by atoms with Gasteiger partial charge in [0.15, 0.2) is 0 Å². The monoisotopic (exact) mass is 241 g/mol. The standard InChI is InChI=1S/C14H15N3O/c1-11(12-7-3-4-8-13(12)18-2)16-17-14-9-5-6-10-15-14/h3-10H,1-2H3,(H,15,17). The molecule has 0 atom stereocenters. The van der Waals surface area contributed by atoms with Crippen molar-refractivity contribution in [2.45, 2.75) is 6.92 Å². The van der Waals surface area contributed by atoms with Crippen LogP contribution in [0.25, 0.3) is 0 Å². The summed E-state index contributed by atoms with van der Waals surface area (Å²) in [5, 5.41) is 4.30. The van der Waals surface area contributed by atoms with Crippen LogP contribution in [0.4, 0.5) is 5.82 Å². The van der Waals surface area contributed by atoms with E-state index in [4.69, 9.17) is 4.74 Å². The van der Waals surface area contributed by atoms with Crippen molar-refractivity contribution in [2.24, 2.45) is 5.10 Å². The molecule has 0 aliphatic heterocycles. The second-order valence-electron chi connectivity index (χ2n) is 3.72. The summed E-state index contributed by atoms with van der Waals surface area (Å²) in [7, 11) is 1.65. The predicted octanol–water partition coefficient (Wildman–Crippen LogP) is 2.93. The summed E-state index contributed by atoms with van der Waals surface area (Å²) >= 11 is 0. The second-order valence-corrected chi connectivity index (χ2v) is 3.72. The molecule has 0 amide bonds. The van der Waals surface area contributed by atoms with E-state index in [0.29, 0.717) is 5.82 Å². The van der Waals surface area contributed by atoms with Crippen LogP contribution in [0.1, 0.15) is 12.5 Å². The van der Waals surface area contributed by atoms with Crippen LogP contribution in [0.2, 0.25) is 0 Å². The van der Waals surface area contributed by atoms with Crippen molar-refractivity contribution >= 4 is 11.5 Å². The molecule has 4 heteroatoms. The zero-order valence-electron chi connectivity index (χ0n) is 10.4. The van der Waals surface area contributed by atoms with Crippen molar-refractivity contribution in [3.05, 3.63) is 54.2 Å². The van der Waals surface area contributed by atoms with Gasteiger partial charge in [0.05, 0.1) is 12.8 Å². The molecule has 0 saturated heterocycles. The van der Waals surface area contributed by atoms with E-state index in [1.165, 1.54) is 0 Å². The van der Waals surface area contributed by atoms with E-state index in [1.807, 2.05) is 49.4 Å². The van der Waals surface area contributed by atoms with Gasteiger partial charge >= 0.3 is 0 Å². The fourth-order valence-corrected chi connectivity index (χ4v) is 1.57. The Morgan fingerprint density at radius 1 is 1.17 bits per heavy atom. The number of rotatable bonds is 4. The number of aromatic nitrogens is 1. The molecule has 0 fully saturated rings. The van der Waals surface area contributed by atoms with Gasteiger partial charge in [-0.1, -0.05) is 18.2 Å². The summed E-state index contributed by atoms with van der Waals surface area (Å²) in [6.45, 7) is 1.92. The van der Waals surface area contributed by atoms with Crippen molar-refractivity contribution in [3.63, 3.8) is 0 Å². The quantitative estimate of drug-likeness (QED) is 0.661. The molecule has 2 aromatic rings. The molecule has 1 heterocycles. The first-order valence-corrected chi connectivity index (χ1v) is 5.66. The van der Waals surface area contributed by atoms with Crippen molar-refractivity contribution in [2.75, 3.05) is 12.5 Å². The molecule has 0 saturated carbocycles. The fourth-order valence-electron chi connectivity index (χ4n) is 1.57. The Labute approximate surface area is 106 Å². The third kappa shape index (κ3) is 2.85. The molecule has 0 bridgehead atoms. The highest BCUT2D eigenvalue weighted by molar-refractivity contribution is 6.01. The van der Waals surface area contributed by atoms with E-state index >= 15 is 0 Å². The van der Waals surface area contributed by atoms with Crippen molar-refractivity contribution < 1.29 is 4.74 Å². The molecule has 1 N–H and O–H groups in total. The number of hydrogen-bond donors (Lipinski definition) is 1. The van der Waals surface area contributed by atoms with Gasteiger partial charge in [-0.15, -0.1) is 0 Å². The molecule has 1 aromatic carbocycles. The van der Waals surface area contributed by atoms with E-state index < -0.39 is 0 Å². The number of anilines is 1. The molecule has 0 spiro atoms. The predicted molar refractivity (Wildman–Crippen MR) is 73.1 cm³/mol. The Balaban J connectivity index is 2.18. The number of para-hydroxylation sites is 1. The minimum atomic E-state index is 0.715. The van der Waals surface area contributed by atoms with Gasteiger partial charge in [0.1, 0.15) is 11.6 Å². The molecule has 0 radical (unpaired) electrons. The minimum absolute atomic E-state index is 0.715. The van der Waals surface area contributed by atoms with Gasteiger partial charge in [-0.25, -0.2) is 4.98 Å². The largest absolute Gasteiger partial charge is 0.496 e. The van der Waals surface area contributed by atoms with Gasteiger partial charge in [-0.2, -0.15) is 5.10 Å². The summed E-state index contributed by atoms with van der Waals surface area (Å²) in [6.07, 6.45) is 1.72. The molecule has 0 unspecified atom stereocenters. The van der Waals surface area contributed by atoms with Crippen LogP contribution < -0.4 is 10.2 Å². The molecule has 4 nitrogen and oxygen atoms in total. The molecule has 18 heavy (non-hydrogen) atoms. The van der Waals surface area contributed by atoms with Gasteiger partial charge in [0.25, 0.3) is 0 Å². The zero-order valence-corrected chi connectivity index (χ0v) is 10.4. The number of hydrazone groups is 1. The maximum Gasteiger partial charge on any atom is 0.146 e. The van der Waals surface area contributed by atoms with Gasteiger partial charge in [-0.05, 0) is 31.2 Å². The minimum Gasteiger partial charge on any atom is -0.496 e. The Morgan fingerprint density at radius 3 is 2.67 bits per heavy atom. The number of ether oxygens (including phenoxy) is 1. The van der Waals surface area contributed by atoms with Crippen molar-refractivity contribution in [1.82, 2.24) is 4.98 Å². The number of pyridine rings is 1. The third-order valence-corrected chi connectivity index (χ3v) is 2.50. The molecule has 0 aliphatic carbocycles. The third-order valence-electron chi connectivity index (χ3n) is 2.50. The zero-order chi connectivity index (χ0) is 12.8. The first kappa shape index (κ1) is 12.1. The lowest BCUT2D eigenvalue weighted by atomic mass is 10.1. The van der Waals surface area contributed by atoms with Crippen LogP contribution in [0, 0.1) is 0 Å². The van der Waals surface area contributed by atoms with E-state index in [1.54, 1.807) is 13.3 Å². The number of methoxy groups -OCH3 is 1. The summed E-state index contributed by atoms with van der Waals surface area (Å²) in [5.74, 6) is 1.52. The van der Waals surface area contributed by atoms with Crippen molar-refractivity contribution in [3.8, 4) is 5.75 Å². The highest BCUT2D eigenvalue weighted by Gasteiger charge is 2.04. The molecule has 2 rings (SSSR count). The first-order valence-electron chi connectivity index (χ1n) is 5.66. The normalized spacial score (nSPS) is 11.1. The Kier molecular flexibility index (Phi) is 3.91. The second kappa shape index (κ2) is 5.82. The number of nitrogens with one attached hydrogen (secondary N) is 1. The van der Waals surface area contributed by atoms with Crippen molar-refractivity contribution in [1.29, 1.82) is 0 Å². The number of hydrogen-bond acceptors (Lipinski definition) is 4. The lowest BCUT2D eigenvalue weighted by molar-refractivity contribution is 0.414. The topological polar surface area (TPSA) is 46.5 Å². The molecular weight excluding hydrogens is 226 g/mol. The summed E-state index contributed by atoms with van der Waals surface area (Å²) in [5.41, 5.74) is 4.72. The molecule has 1 aromatic heterocycles. The number of benzene rings is 1. The highest BCUT2D eigenvalue weighted by Crippen LogP contribution is 2.18. The van der Waals surface area contributed by atoms with Crippen LogP contribution in [0.15, 0.2) is 53.8 Å². The molecular formula is C14H15N3O. The summed E-state index contributed by atoms with van der Waals surface area (Å²) in [4.78, 5) is 4.14. The van der Waals surface area contributed by atoms with E-state index in [-0.39, 0.29) is 0 Å². The smallest absolute Gasteiger partial charge is 0.146 e. The van der Waals surface area contributed by atoms with E-state index in [9.17, 15) is 0 Å². The maximum absolute atomic E-state index is 5.29. The van der Waals surface area contributed by atoms with Gasteiger partial charge < -0.3 is 4.74 Å². The van der Waals surface area contributed by atoms with Gasteiger partial charge in [0.2, 0.25) is 0 Å². The summed E-state index contributed by atoms with van der Waals surface area (Å²) in [6, 6.07) is 13.4. The Morgan fingerprint density at radius 2 is 1.94 bits per heavy atom. The van der Waals surface area contributed by atoms with Crippen LogP contribution in [0.5, 0.6) is 5.75 Å². The molecule has 92 valence electrons. The van der Waals surface area contributed by atoms with E-state index in [0.717, 1.165) is 17.0 Å². The van der Waals surface area contributed by atoms with Crippen LogP contribution in [-0.2, 0) is 0 Å². The fraction of sp³-hybridized carbons (Fsp3) is 0.143. The van der Waals surface area contributed by atoms with Crippen LogP contribution in [0.3, 0.4) is 0 Å². The van der Waals surface area contributed by atoms with E-state index in [2.05, 4.69) is 15.5 Å². The van der Waals surface area contributed by atoms with Crippen LogP contribution in [-0.4, -0.2) is 17.8 Å². The Hall–Kier alpha value is -2.36. The number of nitrogens with zero attached hydrogens (tertiary/aromatic N) is 2. The first-order chi connectivity index (χ1) is 8.81. The molecule has 0 aliphatic rings. The maximum atomic E-state index is 5.29. The van der Waals surface area contributed by atoms with Crippen LogP contribution >= 0.6 is 0 Å². The lowest BCUT2D eigenvalue weighted by Crippen LogP contribution is -2.02. The highest BCUT2D eigenvalue weighted by atomic mass is 16.5. The average Bonchev–Trinajstić information content (AvgIpc) is 2.45. The van der Waals surface area contributed by atoms with Gasteiger partial charge in [0, 0.05) is 11.8 Å². The summed E-state index contributed by atoms with van der Waals surface area (Å²) < 4.78 is 5.29. The SMILES string of the molecule is COc1ccccc1C(C)=NNc1ccccn1.